The highest BCUT2D eigenvalue weighted by molar-refractivity contribution is 5.48. The van der Waals surface area contributed by atoms with Gasteiger partial charge in [0.15, 0.2) is 0 Å². The minimum atomic E-state index is 0.254. The summed E-state index contributed by atoms with van der Waals surface area (Å²) in [5, 5.41) is 0. The Hall–Kier alpha value is -1.13. The molecule has 1 aliphatic rings. The van der Waals surface area contributed by atoms with E-state index in [-0.39, 0.29) is 6.10 Å². The lowest BCUT2D eigenvalue weighted by Gasteiger charge is -2.38. The average molecular weight is 221 g/mol. The average Bonchev–Trinajstić information content (AvgIpc) is 2.32. The molecule has 4 nitrogen and oxygen atoms in total. The summed E-state index contributed by atoms with van der Waals surface area (Å²) in [6.45, 7) is 6.40. The molecule has 1 aliphatic heterocycles. The Morgan fingerprint density at radius 2 is 2.38 bits per heavy atom. The van der Waals surface area contributed by atoms with E-state index in [0.717, 1.165) is 24.5 Å². The van der Waals surface area contributed by atoms with Gasteiger partial charge in [-0.1, -0.05) is 6.07 Å². The molecule has 0 amide bonds. The molecule has 0 bridgehead atoms. The molecular formula is C12H19N3O. The van der Waals surface area contributed by atoms with Gasteiger partial charge in [-0.15, -0.1) is 0 Å². The number of aromatic nitrogens is 1. The quantitative estimate of drug-likeness (QED) is 0.814. The van der Waals surface area contributed by atoms with E-state index in [9.17, 15) is 0 Å². The Balaban J connectivity index is 2.27. The zero-order chi connectivity index (χ0) is 11.5. The van der Waals surface area contributed by atoms with E-state index in [1.54, 1.807) is 0 Å². The van der Waals surface area contributed by atoms with Crippen LogP contribution in [0.2, 0.25) is 0 Å². The van der Waals surface area contributed by atoms with Gasteiger partial charge in [-0.25, -0.2) is 4.98 Å². The zero-order valence-corrected chi connectivity index (χ0v) is 9.89. The molecule has 2 N–H and O–H groups in total. The molecule has 0 saturated carbocycles. The van der Waals surface area contributed by atoms with E-state index in [2.05, 4.69) is 23.7 Å². The van der Waals surface area contributed by atoms with Crippen molar-refractivity contribution >= 4 is 5.82 Å². The summed E-state index contributed by atoms with van der Waals surface area (Å²) in [5.74, 6) is 1.01. The maximum atomic E-state index is 5.74. The van der Waals surface area contributed by atoms with Gasteiger partial charge in [0.2, 0.25) is 0 Å². The summed E-state index contributed by atoms with van der Waals surface area (Å²) in [6.07, 6.45) is 2.07. The Morgan fingerprint density at radius 3 is 3.12 bits per heavy atom. The predicted octanol–water partition coefficient (Wildman–Crippen LogP) is 1.15. The minimum absolute atomic E-state index is 0.254. The van der Waals surface area contributed by atoms with E-state index >= 15 is 0 Å². The Kier molecular flexibility index (Phi) is 3.41. The number of hydrogen-bond acceptors (Lipinski definition) is 4. The van der Waals surface area contributed by atoms with Crippen LogP contribution >= 0.6 is 0 Å². The first kappa shape index (κ1) is 11.4. The largest absolute Gasteiger partial charge is 0.375 e. The van der Waals surface area contributed by atoms with Gasteiger partial charge in [0.05, 0.1) is 18.8 Å². The van der Waals surface area contributed by atoms with Crippen LogP contribution in [0.3, 0.4) is 0 Å². The fraction of sp³-hybridized carbons (Fsp3) is 0.583. The Labute approximate surface area is 96.4 Å². The summed E-state index contributed by atoms with van der Waals surface area (Å²) < 4.78 is 5.61. The predicted molar refractivity (Wildman–Crippen MR) is 64.4 cm³/mol. The molecule has 0 spiro atoms. The van der Waals surface area contributed by atoms with Crippen LogP contribution in [0.5, 0.6) is 0 Å². The molecule has 1 aromatic rings. The minimum Gasteiger partial charge on any atom is -0.375 e. The second-order valence-electron chi connectivity index (χ2n) is 4.34. The summed E-state index contributed by atoms with van der Waals surface area (Å²) in [7, 11) is 0. The smallest absolute Gasteiger partial charge is 0.133 e. The number of pyridine rings is 1. The molecule has 2 unspecified atom stereocenters. The monoisotopic (exact) mass is 221 g/mol. The van der Waals surface area contributed by atoms with Gasteiger partial charge in [0.25, 0.3) is 0 Å². The third-order valence-electron chi connectivity index (χ3n) is 2.97. The number of nitrogens with two attached hydrogens (primary N) is 1. The molecule has 16 heavy (non-hydrogen) atoms. The van der Waals surface area contributed by atoms with Crippen LogP contribution < -0.4 is 10.6 Å². The molecule has 1 saturated heterocycles. The first-order valence-corrected chi connectivity index (χ1v) is 5.74. The lowest BCUT2D eigenvalue weighted by molar-refractivity contribution is 0.0340. The first-order chi connectivity index (χ1) is 7.72. The van der Waals surface area contributed by atoms with Crippen molar-refractivity contribution in [1.29, 1.82) is 0 Å². The fourth-order valence-corrected chi connectivity index (χ4v) is 2.05. The van der Waals surface area contributed by atoms with Gasteiger partial charge in [0, 0.05) is 24.8 Å². The van der Waals surface area contributed by atoms with E-state index in [1.165, 1.54) is 0 Å². The molecular weight excluding hydrogens is 202 g/mol. The van der Waals surface area contributed by atoms with Gasteiger partial charge in [0.1, 0.15) is 5.82 Å². The van der Waals surface area contributed by atoms with Gasteiger partial charge < -0.3 is 15.4 Å². The molecule has 1 aromatic heterocycles. The lowest BCUT2D eigenvalue weighted by Crippen LogP contribution is -2.48. The van der Waals surface area contributed by atoms with Crippen LogP contribution in [0.15, 0.2) is 18.3 Å². The van der Waals surface area contributed by atoms with E-state index in [4.69, 9.17) is 10.5 Å². The molecule has 0 aromatic carbocycles. The van der Waals surface area contributed by atoms with Crippen LogP contribution in [0.1, 0.15) is 19.4 Å². The number of anilines is 1. The van der Waals surface area contributed by atoms with E-state index in [1.807, 2.05) is 18.3 Å². The van der Waals surface area contributed by atoms with Crippen molar-refractivity contribution in [1.82, 2.24) is 4.98 Å². The number of nitrogens with zero attached hydrogens (tertiary/aromatic N) is 2. The molecule has 2 rings (SSSR count). The van der Waals surface area contributed by atoms with Crippen LogP contribution in [0, 0.1) is 0 Å². The maximum Gasteiger partial charge on any atom is 0.133 e. The third-order valence-corrected chi connectivity index (χ3v) is 2.97. The van der Waals surface area contributed by atoms with Gasteiger partial charge in [-0.2, -0.15) is 0 Å². The fourth-order valence-electron chi connectivity index (χ4n) is 2.05. The molecule has 1 fully saturated rings. The SMILES string of the molecule is CC1CN(c2ncccc2CN)C(C)CO1. The Morgan fingerprint density at radius 1 is 1.56 bits per heavy atom. The van der Waals surface area contributed by atoms with Gasteiger partial charge in [-0.3, -0.25) is 0 Å². The van der Waals surface area contributed by atoms with E-state index in [0.29, 0.717) is 12.6 Å². The lowest BCUT2D eigenvalue weighted by atomic mass is 10.1. The van der Waals surface area contributed by atoms with Crippen molar-refractivity contribution in [2.75, 3.05) is 18.1 Å². The Bertz CT molecular complexity index is 356. The topological polar surface area (TPSA) is 51.4 Å². The highest BCUT2D eigenvalue weighted by Crippen LogP contribution is 2.22. The number of morpholine rings is 1. The highest BCUT2D eigenvalue weighted by Gasteiger charge is 2.25. The summed E-state index contributed by atoms with van der Waals surface area (Å²) in [6, 6.07) is 4.33. The van der Waals surface area contributed by atoms with Crippen molar-refractivity contribution in [2.24, 2.45) is 5.73 Å². The van der Waals surface area contributed by atoms with E-state index < -0.39 is 0 Å². The molecule has 2 atom stereocenters. The van der Waals surface area contributed by atoms with Crippen molar-refractivity contribution in [2.45, 2.75) is 32.5 Å². The highest BCUT2D eigenvalue weighted by atomic mass is 16.5. The number of rotatable bonds is 2. The molecule has 2 heterocycles. The number of hydrogen-bond donors (Lipinski definition) is 1. The summed E-state index contributed by atoms with van der Waals surface area (Å²) >= 11 is 0. The first-order valence-electron chi connectivity index (χ1n) is 5.74. The second-order valence-corrected chi connectivity index (χ2v) is 4.34. The van der Waals surface area contributed by atoms with Crippen molar-refractivity contribution in [3.05, 3.63) is 23.9 Å². The van der Waals surface area contributed by atoms with Gasteiger partial charge in [-0.05, 0) is 19.9 Å². The molecule has 4 heteroatoms. The van der Waals surface area contributed by atoms with Crippen LogP contribution in [-0.4, -0.2) is 30.3 Å². The summed E-state index contributed by atoms with van der Waals surface area (Å²) in [5.41, 5.74) is 6.84. The normalized spacial score (nSPS) is 25.8. The molecule has 0 aliphatic carbocycles. The van der Waals surface area contributed by atoms with Crippen LogP contribution in [-0.2, 0) is 11.3 Å². The maximum absolute atomic E-state index is 5.74. The van der Waals surface area contributed by atoms with Gasteiger partial charge >= 0.3 is 0 Å². The second kappa shape index (κ2) is 4.80. The third kappa shape index (κ3) is 2.18. The van der Waals surface area contributed by atoms with Crippen molar-refractivity contribution in [3.63, 3.8) is 0 Å². The van der Waals surface area contributed by atoms with Crippen molar-refractivity contribution in [3.8, 4) is 0 Å². The zero-order valence-electron chi connectivity index (χ0n) is 9.89. The van der Waals surface area contributed by atoms with Crippen LogP contribution in [0.4, 0.5) is 5.82 Å². The van der Waals surface area contributed by atoms with Crippen molar-refractivity contribution < 1.29 is 4.74 Å². The number of ether oxygens (including phenoxy) is 1. The van der Waals surface area contributed by atoms with Crippen LogP contribution in [0.25, 0.3) is 0 Å². The standard InChI is InChI=1S/C12H19N3O/c1-9-8-16-10(2)7-15(9)12-11(6-13)4-3-5-14-12/h3-5,9-10H,6-8,13H2,1-2H3. The molecule has 0 radical (unpaired) electrons. The molecule has 88 valence electrons. The summed E-state index contributed by atoms with van der Waals surface area (Å²) in [4.78, 5) is 6.74.